The lowest BCUT2D eigenvalue weighted by molar-refractivity contribution is -0.143. The minimum atomic E-state index is -4.62. The van der Waals surface area contributed by atoms with E-state index in [1.807, 2.05) is 6.92 Å². The highest BCUT2D eigenvalue weighted by atomic mass is 32.2. The molecule has 0 N–H and O–H groups in total. The maximum absolute atomic E-state index is 13.3. The lowest BCUT2D eigenvalue weighted by atomic mass is 10.1. The number of esters is 1. The van der Waals surface area contributed by atoms with E-state index >= 15 is 0 Å². The van der Waals surface area contributed by atoms with E-state index in [2.05, 4.69) is 9.97 Å². The van der Waals surface area contributed by atoms with Gasteiger partial charge in [0.05, 0.1) is 18.7 Å². The molecule has 156 valence electrons. The Balaban J connectivity index is 1.75. The molecule has 10 heteroatoms. The summed E-state index contributed by atoms with van der Waals surface area (Å²) >= 11 is 0.974. The van der Waals surface area contributed by atoms with Crippen LogP contribution < -0.4 is 9.47 Å². The summed E-state index contributed by atoms with van der Waals surface area (Å²) in [6, 6.07) is 5.69. The van der Waals surface area contributed by atoms with Crippen LogP contribution in [0.3, 0.4) is 0 Å². The number of thioether (sulfide) groups is 1. The van der Waals surface area contributed by atoms with Gasteiger partial charge in [-0.1, -0.05) is 25.1 Å². The van der Waals surface area contributed by atoms with Crippen molar-refractivity contribution in [2.75, 3.05) is 19.2 Å². The standard InChI is InChI=1S/C19H19F3N2O4S/c1-2-3-7-26-17(25)6-8-29-18-23-13(10-16(24-18)19(20,21)22)12-4-5-14-15(9-12)28-11-27-14/h4-5,9-10H,2-3,6-8,11H2,1H3. The van der Waals surface area contributed by atoms with Gasteiger partial charge in [-0.3, -0.25) is 4.79 Å². The number of rotatable bonds is 8. The number of hydrogen-bond donors (Lipinski definition) is 0. The molecule has 0 aliphatic carbocycles. The van der Waals surface area contributed by atoms with Gasteiger partial charge in [0.25, 0.3) is 0 Å². The number of ether oxygens (including phenoxy) is 3. The first-order valence-electron chi connectivity index (χ1n) is 9.01. The van der Waals surface area contributed by atoms with Gasteiger partial charge in [0.1, 0.15) is 5.69 Å². The minimum Gasteiger partial charge on any atom is -0.466 e. The normalized spacial score (nSPS) is 12.8. The number of benzene rings is 1. The van der Waals surface area contributed by atoms with Crippen LogP contribution in [-0.4, -0.2) is 35.1 Å². The number of halogens is 3. The van der Waals surface area contributed by atoms with Gasteiger partial charge in [0.15, 0.2) is 16.7 Å². The van der Waals surface area contributed by atoms with Crippen molar-refractivity contribution in [3.63, 3.8) is 0 Å². The summed E-state index contributed by atoms with van der Waals surface area (Å²) in [7, 11) is 0. The Hall–Kier alpha value is -2.49. The van der Waals surface area contributed by atoms with Crippen LogP contribution in [0.15, 0.2) is 29.4 Å². The van der Waals surface area contributed by atoms with Gasteiger partial charge >= 0.3 is 12.1 Å². The smallest absolute Gasteiger partial charge is 0.433 e. The zero-order valence-electron chi connectivity index (χ0n) is 15.6. The number of carbonyl (C=O) groups excluding carboxylic acids is 1. The number of alkyl halides is 3. The summed E-state index contributed by atoms with van der Waals surface area (Å²) in [5.74, 6) is 0.787. The topological polar surface area (TPSA) is 70.5 Å². The van der Waals surface area contributed by atoms with Gasteiger partial charge < -0.3 is 14.2 Å². The Morgan fingerprint density at radius 1 is 1.21 bits per heavy atom. The molecule has 6 nitrogen and oxygen atoms in total. The van der Waals surface area contributed by atoms with Crippen LogP contribution in [0.4, 0.5) is 13.2 Å². The van der Waals surface area contributed by atoms with Crippen LogP contribution in [0, 0.1) is 0 Å². The summed E-state index contributed by atoms with van der Waals surface area (Å²) < 4.78 is 55.4. The molecule has 1 aliphatic heterocycles. The first-order valence-corrected chi connectivity index (χ1v) is 10.00. The van der Waals surface area contributed by atoms with Crippen LogP contribution in [0.5, 0.6) is 11.5 Å². The van der Waals surface area contributed by atoms with Crippen molar-refractivity contribution in [2.45, 2.75) is 37.5 Å². The predicted octanol–water partition coefficient (Wildman–Crippen LogP) is 4.72. The van der Waals surface area contributed by atoms with Crippen molar-refractivity contribution in [3.8, 4) is 22.8 Å². The molecule has 2 aromatic rings. The molecule has 1 aliphatic rings. The maximum atomic E-state index is 13.3. The zero-order chi connectivity index (χ0) is 20.9. The molecule has 3 rings (SSSR count). The fraction of sp³-hybridized carbons (Fsp3) is 0.421. The highest BCUT2D eigenvalue weighted by Gasteiger charge is 2.34. The van der Waals surface area contributed by atoms with Crippen LogP contribution in [-0.2, 0) is 15.7 Å². The lowest BCUT2D eigenvalue weighted by Gasteiger charge is -2.11. The Kier molecular flexibility index (Phi) is 6.83. The Labute approximate surface area is 169 Å². The second-order valence-corrected chi connectivity index (χ2v) is 7.22. The highest BCUT2D eigenvalue weighted by Crippen LogP contribution is 2.37. The van der Waals surface area contributed by atoms with E-state index < -0.39 is 17.8 Å². The minimum absolute atomic E-state index is 0.0612. The van der Waals surface area contributed by atoms with Crippen LogP contribution in [0.1, 0.15) is 31.9 Å². The number of fused-ring (bicyclic) bond motifs is 1. The zero-order valence-corrected chi connectivity index (χ0v) is 16.4. The molecule has 0 bridgehead atoms. The predicted molar refractivity (Wildman–Crippen MR) is 99.8 cm³/mol. The number of aromatic nitrogens is 2. The van der Waals surface area contributed by atoms with Crippen LogP contribution >= 0.6 is 11.8 Å². The molecule has 0 saturated heterocycles. The molecule has 0 fully saturated rings. The molecular formula is C19H19F3N2O4S. The quantitative estimate of drug-likeness (QED) is 0.261. The van der Waals surface area contributed by atoms with Gasteiger partial charge in [-0.2, -0.15) is 13.2 Å². The molecule has 0 unspecified atom stereocenters. The summed E-state index contributed by atoms with van der Waals surface area (Å²) in [6.07, 6.45) is -2.88. The van der Waals surface area contributed by atoms with E-state index in [0.717, 1.165) is 30.7 Å². The number of nitrogens with zero attached hydrogens (tertiary/aromatic N) is 2. The van der Waals surface area contributed by atoms with E-state index in [-0.39, 0.29) is 29.8 Å². The maximum Gasteiger partial charge on any atom is 0.433 e. The molecule has 29 heavy (non-hydrogen) atoms. The average Bonchev–Trinajstić information content (AvgIpc) is 3.15. The van der Waals surface area contributed by atoms with Crippen molar-refractivity contribution in [1.29, 1.82) is 0 Å². The number of carbonyl (C=O) groups is 1. The fourth-order valence-corrected chi connectivity index (χ4v) is 3.24. The lowest BCUT2D eigenvalue weighted by Crippen LogP contribution is -2.11. The van der Waals surface area contributed by atoms with E-state index in [1.165, 1.54) is 0 Å². The molecular weight excluding hydrogens is 409 g/mol. The van der Waals surface area contributed by atoms with Crippen molar-refractivity contribution in [3.05, 3.63) is 30.0 Å². The summed E-state index contributed by atoms with van der Waals surface area (Å²) in [5, 5.41) is -0.0612. The Bertz CT molecular complexity index is 877. The average molecular weight is 428 g/mol. The largest absolute Gasteiger partial charge is 0.466 e. The van der Waals surface area contributed by atoms with Gasteiger partial charge in [-0.05, 0) is 30.7 Å². The summed E-state index contributed by atoms with van der Waals surface area (Å²) in [6.45, 7) is 2.38. The third-order valence-electron chi connectivity index (χ3n) is 3.96. The van der Waals surface area contributed by atoms with Crippen LogP contribution in [0.2, 0.25) is 0 Å². The van der Waals surface area contributed by atoms with Crippen molar-refractivity contribution in [1.82, 2.24) is 9.97 Å². The molecule has 0 spiro atoms. The van der Waals surface area contributed by atoms with Crippen molar-refractivity contribution >= 4 is 17.7 Å². The van der Waals surface area contributed by atoms with Gasteiger partial charge in [-0.15, -0.1) is 0 Å². The third-order valence-corrected chi connectivity index (χ3v) is 4.81. The van der Waals surface area contributed by atoms with Crippen molar-refractivity contribution < 1.29 is 32.2 Å². The number of unbranched alkanes of at least 4 members (excludes halogenated alkanes) is 1. The Morgan fingerprint density at radius 2 is 2.00 bits per heavy atom. The molecule has 1 aromatic carbocycles. The molecule has 0 amide bonds. The molecule has 1 aromatic heterocycles. The first-order chi connectivity index (χ1) is 13.9. The van der Waals surface area contributed by atoms with Gasteiger partial charge in [0.2, 0.25) is 6.79 Å². The molecule has 0 radical (unpaired) electrons. The van der Waals surface area contributed by atoms with Gasteiger partial charge in [-0.25, -0.2) is 9.97 Å². The number of hydrogen-bond acceptors (Lipinski definition) is 7. The second kappa shape index (κ2) is 9.34. The second-order valence-electron chi connectivity index (χ2n) is 6.16. The highest BCUT2D eigenvalue weighted by molar-refractivity contribution is 7.99. The van der Waals surface area contributed by atoms with Crippen LogP contribution in [0.25, 0.3) is 11.3 Å². The summed E-state index contributed by atoms with van der Waals surface area (Å²) in [5.41, 5.74) is -0.491. The third kappa shape index (κ3) is 5.75. The molecule has 2 heterocycles. The van der Waals surface area contributed by atoms with E-state index in [0.29, 0.717) is 23.7 Å². The van der Waals surface area contributed by atoms with E-state index in [4.69, 9.17) is 14.2 Å². The molecule has 0 saturated carbocycles. The van der Waals surface area contributed by atoms with E-state index in [1.54, 1.807) is 18.2 Å². The monoisotopic (exact) mass is 428 g/mol. The Morgan fingerprint density at radius 3 is 2.76 bits per heavy atom. The fourth-order valence-electron chi connectivity index (χ4n) is 2.47. The first kappa shape index (κ1) is 21.2. The SMILES string of the molecule is CCCCOC(=O)CCSc1nc(-c2ccc3c(c2)OCO3)cc(C(F)(F)F)n1. The molecule has 0 atom stereocenters. The van der Waals surface area contributed by atoms with Crippen molar-refractivity contribution in [2.24, 2.45) is 0 Å². The van der Waals surface area contributed by atoms with Gasteiger partial charge in [0, 0.05) is 11.3 Å². The van der Waals surface area contributed by atoms with E-state index in [9.17, 15) is 18.0 Å². The summed E-state index contributed by atoms with van der Waals surface area (Å²) in [4.78, 5) is 19.5.